The summed E-state index contributed by atoms with van der Waals surface area (Å²) >= 11 is 0. The highest BCUT2D eigenvalue weighted by atomic mass is 32.2. The smallest absolute Gasteiger partial charge is 0.268 e. The second-order valence-electron chi connectivity index (χ2n) is 7.86. The molecular weight excluding hydrogens is 418 g/mol. The Bertz CT molecular complexity index is 1040. The molecule has 1 aromatic heterocycles. The van der Waals surface area contributed by atoms with Crippen LogP contribution in [0.15, 0.2) is 35.4 Å². The van der Waals surface area contributed by atoms with Crippen LogP contribution < -0.4 is 14.8 Å². The van der Waals surface area contributed by atoms with Gasteiger partial charge in [-0.25, -0.2) is 8.42 Å². The summed E-state index contributed by atoms with van der Waals surface area (Å²) in [5.74, 6) is 1.12. The highest BCUT2D eigenvalue weighted by Crippen LogP contribution is 2.34. The number of hydrogen-bond acceptors (Lipinski definition) is 5. The van der Waals surface area contributed by atoms with E-state index < -0.39 is 10.0 Å². The number of carbonyl (C=O) groups is 1. The summed E-state index contributed by atoms with van der Waals surface area (Å²) in [4.78, 5) is 13.2. The van der Waals surface area contributed by atoms with Crippen LogP contribution in [0.2, 0.25) is 0 Å². The fourth-order valence-electron chi connectivity index (χ4n) is 3.72. The van der Waals surface area contributed by atoms with Crippen molar-refractivity contribution in [1.82, 2.24) is 14.2 Å². The molecule has 0 saturated heterocycles. The van der Waals surface area contributed by atoms with Crippen LogP contribution in [0.3, 0.4) is 0 Å². The summed E-state index contributed by atoms with van der Waals surface area (Å²) in [6.45, 7) is 9.36. The van der Waals surface area contributed by atoms with Gasteiger partial charge in [-0.3, -0.25) is 4.79 Å². The first-order chi connectivity index (χ1) is 14.7. The van der Waals surface area contributed by atoms with E-state index in [1.54, 1.807) is 25.5 Å². The molecule has 1 atom stereocenters. The van der Waals surface area contributed by atoms with Gasteiger partial charge >= 0.3 is 0 Å². The standard InChI is InChI=1S/C22H31N3O5S/c1-6-25(7-2)31(27,28)17-13-18(24(5)14-17)22(26)23-21(15(3)4)16-8-9-19-20(12-16)30-11-10-29-19/h8-9,12-15,21H,6-7,10-11H2,1-5H3,(H,23,26)/t21-/m1/s1. The number of amides is 1. The Hall–Kier alpha value is -2.52. The van der Waals surface area contributed by atoms with E-state index in [0.717, 1.165) is 5.56 Å². The number of hydrogen-bond donors (Lipinski definition) is 1. The Kier molecular flexibility index (Phi) is 6.96. The molecule has 8 nitrogen and oxygen atoms in total. The van der Waals surface area contributed by atoms with Crippen LogP contribution in [0.25, 0.3) is 0 Å². The number of rotatable bonds is 8. The minimum atomic E-state index is -3.64. The van der Waals surface area contributed by atoms with Gasteiger partial charge in [-0.15, -0.1) is 0 Å². The first-order valence-electron chi connectivity index (χ1n) is 10.6. The maximum atomic E-state index is 13.1. The molecule has 0 saturated carbocycles. The molecule has 9 heteroatoms. The van der Waals surface area contributed by atoms with Crippen LogP contribution >= 0.6 is 0 Å². The first kappa shape index (κ1) is 23.1. The summed E-state index contributed by atoms with van der Waals surface area (Å²) in [6, 6.07) is 6.81. The average molecular weight is 450 g/mol. The highest BCUT2D eigenvalue weighted by Gasteiger charge is 2.27. The van der Waals surface area contributed by atoms with Gasteiger partial charge in [0.05, 0.1) is 6.04 Å². The minimum Gasteiger partial charge on any atom is -0.486 e. The molecule has 1 aliphatic heterocycles. The van der Waals surface area contributed by atoms with E-state index in [0.29, 0.717) is 37.8 Å². The van der Waals surface area contributed by atoms with Gasteiger partial charge in [-0.05, 0) is 29.7 Å². The van der Waals surface area contributed by atoms with Gasteiger partial charge in [0.25, 0.3) is 5.91 Å². The van der Waals surface area contributed by atoms with Gasteiger partial charge in [-0.1, -0.05) is 33.8 Å². The number of fused-ring (bicyclic) bond motifs is 1. The predicted octanol–water partition coefficient (Wildman–Crippen LogP) is 2.95. The fraction of sp³-hybridized carbons (Fsp3) is 0.500. The van der Waals surface area contributed by atoms with Gasteiger partial charge < -0.3 is 19.4 Å². The number of aryl methyl sites for hydroxylation is 1. The number of nitrogens with one attached hydrogen (secondary N) is 1. The predicted molar refractivity (Wildman–Crippen MR) is 118 cm³/mol. The van der Waals surface area contributed by atoms with Crippen LogP contribution in [0, 0.1) is 5.92 Å². The van der Waals surface area contributed by atoms with Crippen LogP contribution in [0.5, 0.6) is 11.5 Å². The van der Waals surface area contributed by atoms with Gasteiger partial charge in [0, 0.05) is 26.3 Å². The van der Waals surface area contributed by atoms with Crippen molar-refractivity contribution < 1.29 is 22.7 Å². The zero-order chi connectivity index (χ0) is 22.8. The van der Waals surface area contributed by atoms with E-state index in [9.17, 15) is 13.2 Å². The molecular formula is C22H31N3O5S. The van der Waals surface area contributed by atoms with Crippen LogP contribution in [0.4, 0.5) is 0 Å². The Morgan fingerprint density at radius 3 is 2.39 bits per heavy atom. The minimum absolute atomic E-state index is 0.102. The number of ether oxygens (including phenoxy) is 2. The second-order valence-corrected chi connectivity index (χ2v) is 9.80. The van der Waals surface area contributed by atoms with Crippen molar-refractivity contribution in [2.75, 3.05) is 26.3 Å². The number of carbonyl (C=O) groups excluding carboxylic acids is 1. The molecule has 1 aromatic carbocycles. The number of aromatic nitrogens is 1. The average Bonchev–Trinajstić information content (AvgIpc) is 3.14. The summed E-state index contributed by atoms with van der Waals surface area (Å²) in [5, 5.41) is 3.05. The third kappa shape index (κ3) is 4.72. The summed E-state index contributed by atoms with van der Waals surface area (Å²) in [7, 11) is -1.97. The van der Waals surface area contributed by atoms with E-state index in [4.69, 9.17) is 9.47 Å². The summed E-state index contributed by atoms with van der Waals surface area (Å²) in [5.41, 5.74) is 1.19. The molecule has 2 heterocycles. The Labute approximate surface area is 184 Å². The van der Waals surface area contributed by atoms with Crippen LogP contribution in [-0.2, 0) is 17.1 Å². The quantitative estimate of drug-likeness (QED) is 0.669. The summed E-state index contributed by atoms with van der Waals surface area (Å²) < 4.78 is 39.8. The largest absolute Gasteiger partial charge is 0.486 e. The third-order valence-electron chi connectivity index (χ3n) is 5.43. The topological polar surface area (TPSA) is 89.9 Å². The van der Waals surface area contributed by atoms with Crippen molar-refractivity contribution in [3.8, 4) is 11.5 Å². The Morgan fingerprint density at radius 1 is 1.13 bits per heavy atom. The normalized spacial score (nSPS) is 14.7. The van der Waals surface area contributed by atoms with Gasteiger partial charge in [-0.2, -0.15) is 4.31 Å². The molecule has 1 N–H and O–H groups in total. The molecule has 2 aromatic rings. The number of nitrogens with zero attached hydrogens (tertiary/aromatic N) is 2. The van der Waals surface area contributed by atoms with E-state index in [1.165, 1.54) is 16.6 Å². The molecule has 1 aliphatic rings. The van der Waals surface area contributed by atoms with Crippen molar-refractivity contribution in [3.05, 3.63) is 41.7 Å². The van der Waals surface area contributed by atoms with Crippen molar-refractivity contribution >= 4 is 15.9 Å². The van der Waals surface area contributed by atoms with Crippen LogP contribution in [0.1, 0.15) is 49.8 Å². The van der Waals surface area contributed by atoms with E-state index in [2.05, 4.69) is 5.32 Å². The highest BCUT2D eigenvalue weighted by molar-refractivity contribution is 7.89. The molecule has 3 rings (SSSR count). The van der Waals surface area contributed by atoms with Gasteiger partial charge in [0.1, 0.15) is 23.8 Å². The number of sulfonamides is 1. The van der Waals surface area contributed by atoms with Crippen molar-refractivity contribution in [1.29, 1.82) is 0 Å². The van der Waals surface area contributed by atoms with E-state index >= 15 is 0 Å². The van der Waals surface area contributed by atoms with E-state index in [-0.39, 0.29) is 28.5 Å². The van der Waals surface area contributed by atoms with Crippen molar-refractivity contribution in [2.45, 2.75) is 38.6 Å². The molecule has 31 heavy (non-hydrogen) atoms. The molecule has 1 amide bonds. The Balaban J connectivity index is 1.86. The lowest BCUT2D eigenvalue weighted by Crippen LogP contribution is -2.33. The van der Waals surface area contributed by atoms with Crippen molar-refractivity contribution in [2.24, 2.45) is 13.0 Å². The third-order valence-corrected chi connectivity index (χ3v) is 7.45. The van der Waals surface area contributed by atoms with Crippen molar-refractivity contribution in [3.63, 3.8) is 0 Å². The fourth-order valence-corrected chi connectivity index (χ4v) is 5.25. The molecule has 0 unspecified atom stereocenters. The van der Waals surface area contributed by atoms with Gasteiger partial charge in [0.2, 0.25) is 10.0 Å². The Morgan fingerprint density at radius 2 is 1.77 bits per heavy atom. The molecule has 0 spiro atoms. The maximum absolute atomic E-state index is 13.1. The first-order valence-corrected chi connectivity index (χ1v) is 12.0. The molecule has 0 bridgehead atoms. The van der Waals surface area contributed by atoms with E-state index in [1.807, 2.05) is 32.0 Å². The molecule has 170 valence electrons. The number of benzene rings is 1. The zero-order valence-electron chi connectivity index (χ0n) is 18.7. The monoisotopic (exact) mass is 449 g/mol. The maximum Gasteiger partial charge on any atom is 0.268 e. The SMILES string of the molecule is CCN(CC)S(=O)(=O)c1cc(C(=O)N[C@@H](c2ccc3c(c2)OCCO3)C(C)C)n(C)c1. The van der Waals surface area contributed by atoms with Gasteiger partial charge in [0.15, 0.2) is 11.5 Å². The zero-order valence-corrected chi connectivity index (χ0v) is 19.5. The van der Waals surface area contributed by atoms with Crippen LogP contribution in [-0.4, -0.2) is 49.5 Å². The molecule has 0 radical (unpaired) electrons. The second kappa shape index (κ2) is 9.32. The molecule has 0 aliphatic carbocycles. The lowest BCUT2D eigenvalue weighted by Gasteiger charge is -2.25. The lowest BCUT2D eigenvalue weighted by molar-refractivity contribution is 0.0917. The lowest BCUT2D eigenvalue weighted by atomic mass is 9.95. The summed E-state index contributed by atoms with van der Waals surface area (Å²) in [6.07, 6.45) is 1.48. The molecule has 0 fully saturated rings.